The van der Waals surface area contributed by atoms with Gasteiger partial charge in [0.15, 0.2) is 0 Å². The van der Waals surface area contributed by atoms with Crippen molar-refractivity contribution in [2.75, 3.05) is 25.6 Å². The number of carbonyl (C=O) groups is 3. The standard InChI is InChI=1S/C12H11F2NO6/c1-20-12(19)6-2-9(8(14)3-7(6)13)15-10(16)4-21-5-11(17)18/h2-3H,4-5H2,1H3,(H,15,16)(H,17,18). The lowest BCUT2D eigenvalue weighted by Gasteiger charge is -2.09. The number of methoxy groups -OCH3 is 1. The molecule has 0 aliphatic rings. The Balaban J connectivity index is 2.81. The molecule has 0 saturated carbocycles. The molecule has 7 nitrogen and oxygen atoms in total. The molecule has 0 saturated heterocycles. The van der Waals surface area contributed by atoms with E-state index in [1.807, 2.05) is 5.32 Å². The first-order valence-corrected chi connectivity index (χ1v) is 5.52. The fourth-order valence-electron chi connectivity index (χ4n) is 1.33. The molecule has 1 rings (SSSR count). The van der Waals surface area contributed by atoms with Gasteiger partial charge in [0.2, 0.25) is 5.91 Å². The number of benzene rings is 1. The van der Waals surface area contributed by atoms with Crippen LogP contribution in [0.3, 0.4) is 0 Å². The summed E-state index contributed by atoms with van der Waals surface area (Å²) in [6.07, 6.45) is 0. The highest BCUT2D eigenvalue weighted by atomic mass is 19.1. The Bertz CT molecular complexity index is 575. The topological polar surface area (TPSA) is 102 Å². The maximum Gasteiger partial charge on any atom is 0.340 e. The molecule has 114 valence electrons. The third kappa shape index (κ3) is 4.80. The van der Waals surface area contributed by atoms with Crippen molar-refractivity contribution in [1.82, 2.24) is 0 Å². The molecule has 1 amide bonds. The fourth-order valence-corrected chi connectivity index (χ4v) is 1.33. The van der Waals surface area contributed by atoms with E-state index < -0.39 is 53.9 Å². The molecule has 0 radical (unpaired) electrons. The quantitative estimate of drug-likeness (QED) is 0.753. The first kappa shape index (κ1) is 16.5. The summed E-state index contributed by atoms with van der Waals surface area (Å²) in [4.78, 5) is 32.8. The van der Waals surface area contributed by atoms with Crippen LogP contribution in [0.5, 0.6) is 0 Å². The molecular weight excluding hydrogens is 292 g/mol. The van der Waals surface area contributed by atoms with E-state index >= 15 is 0 Å². The number of ether oxygens (including phenoxy) is 2. The van der Waals surface area contributed by atoms with Crippen LogP contribution < -0.4 is 5.32 Å². The Morgan fingerprint density at radius 3 is 2.43 bits per heavy atom. The van der Waals surface area contributed by atoms with E-state index in [2.05, 4.69) is 9.47 Å². The number of hydrogen-bond acceptors (Lipinski definition) is 5. The van der Waals surface area contributed by atoms with Crippen LogP contribution in [0.25, 0.3) is 0 Å². The van der Waals surface area contributed by atoms with E-state index in [4.69, 9.17) is 5.11 Å². The van der Waals surface area contributed by atoms with Crippen LogP contribution in [0, 0.1) is 11.6 Å². The zero-order valence-corrected chi connectivity index (χ0v) is 10.8. The van der Waals surface area contributed by atoms with Crippen molar-refractivity contribution in [2.24, 2.45) is 0 Å². The lowest BCUT2D eigenvalue weighted by Crippen LogP contribution is -2.21. The Morgan fingerprint density at radius 2 is 1.86 bits per heavy atom. The van der Waals surface area contributed by atoms with Crippen molar-refractivity contribution < 1.29 is 37.7 Å². The van der Waals surface area contributed by atoms with E-state index in [0.717, 1.165) is 13.2 Å². The lowest BCUT2D eigenvalue weighted by molar-refractivity contribution is -0.143. The summed E-state index contributed by atoms with van der Waals surface area (Å²) < 4.78 is 35.6. The van der Waals surface area contributed by atoms with Crippen molar-refractivity contribution in [3.05, 3.63) is 29.3 Å². The van der Waals surface area contributed by atoms with E-state index in [1.165, 1.54) is 0 Å². The molecule has 0 aliphatic carbocycles. The molecule has 0 aliphatic heterocycles. The molecular formula is C12H11F2NO6. The Morgan fingerprint density at radius 1 is 1.19 bits per heavy atom. The van der Waals surface area contributed by atoms with Gasteiger partial charge in [-0.25, -0.2) is 18.4 Å². The molecule has 0 fully saturated rings. The van der Waals surface area contributed by atoms with Crippen LogP contribution in [-0.2, 0) is 19.1 Å². The molecule has 1 aromatic rings. The number of rotatable bonds is 6. The van der Waals surface area contributed by atoms with Gasteiger partial charge in [-0.15, -0.1) is 0 Å². The molecule has 0 bridgehead atoms. The largest absolute Gasteiger partial charge is 0.480 e. The van der Waals surface area contributed by atoms with E-state index in [0.29, 0.717) is 6.07 Å². The minimum atomic E-state index is -1.27. The van der Waals surface area contributed by atoms with Gasteiger partial charge >= 0.3 is 11.9 Å². The van der Waals surface area contributed by atoms with Crippen LogP contribution in [-0.4, -0.2) is 43.3 Å². The number of aliphatic carboxylic acids is 1. The lowest BCUT2D eigenvalue weighted by atomic mass is 10.1. The maximum absolute atomic E-state index is 13.5. The minimum absolute atomic E-state index is 0.417. The van der Waals surface area contributed by atoms with Gasteiger partial charge < -0.3 is 19.9 Å². The Kier molecular flexibility index (Phi) is 5.73. The number of carboxylic acid groups (broad SMARTS) is 1. The van der Waals surface area contributed by atoms with Crippen molar-refractivity contribution in [3.8, 4) is 0 Å². The van der Waals surface area contributed by atoms with Crippen LogP contribution in [0.4, 0.5) is 14.5 Å². The summed E-state index contributed by atoms with van der Waals surface area (Å²) in [5, 5.41) is 10.3. The second-order valence-corrected chi connectivity index (χ2v) is 3.74. The van der Waals surface area contributed by atoms with Crippen molar-refractivity contribution in [1.29, 1.82) is 0 Å². The number of carbonyl (C=O) groups excluding carboxylic acids is 2. The van der Waals surface area contributed by atoms with Crippen molar-refractivity contribution in [2.45, 2.75) is 0 Å². The fraction of sp³-hybridized carbons (Fsp3) is 0.250. The third-order valence-electron chi connectivity index (χ3n) is 2.19. The molecule has 2 N–H and O–H groups in total. The van der Waals surface area contributed by atoms with Crippen LogP contribution in [0.2, 0.25) is 0 Å². The van der Waals surface area contributed by atoms with E-state index in [-0.39, 0.29) is 0 Å². The normalized spacial score (nSPS) is 10.0. The average Bonchev–Trinajstić information content (AvgIpc) is 2.40. The molecule has 21 heavy (non-hydrogen) atoms. The third-order valence-corrected chi connectivity index (χ3v) is 2.19. The minimum Gasteiger partial charge on any atom is -0.480 e. The van der Waals surface area contributed by atoms with Crippen molar-refractivity contribution >= 4 is 23.5 Å². The van der Waals surface area contributed by atoms with Gasteiger partial charge in [-0.05, 0) is 6.07 Å². The summed E-state index contributed by atoms with van der Waals surface area (Å²) in [7, 11) is 1.02. The number of anilines is 1. The SMILES string of the molecule is COC(=O)c1cc(NC(=O)COCC(=O)O)c(F)cc1F. The highest BCUT2D eigenvalue weighted by molar-refractivity contribution is 5.95. The second kappa shape index (κ2) is 7.29. The number of hydrogen-bond donors (Lipinski definition) is 2. The summed E-state index contributed by atoms with van der Waals surface area (Å²) in [6.45, 7) is -1.34. The predicted octanol–water partition coefficient (Wildman–Crippen LogP) is 0.791. The zero-order chi connectivity index (χ0) is 16.0. The highest BCUT2D eigenvalue weighted by Crippen LogP contribution is 2.20. The average molecular weight is 303 g/mol. The summed E-state index contributed by atoms with van der Waals surface area (Å²) in [6, 6.07) is 1.19. The summed E-state index contributed by atoms with van der Waals surface area (Å²) in [5.74, 6) is -5.42. The maximum atomic E-state index is 13.5. The molecule has 0 atom stereocenters. The molecule has 0 heterocycles. The van der Waals surface area contributed by atoms with E-state index in [1.54, 1.807) is 0 Å². The number of esters is 1. The van der Waals surface area contributed by atoms with Gasteiger partial charge in [0, 0.05) is 6.07 Å². The van der Waals surface area contributed by atoms with Gasteiger partial charge in [0.25, 0.3) is 0 Å². The number of amides is 1. The van der Waals surface area contributed by atoms with Gasteiger partial charge in [-0.3, -0.25) is 4.79 Å². The highest BCUT2D eigenvalue weighted by Gasteiger charge is 2.17. The number of nitrogens with one attached hydrogen (secondary N) is 1. The van der Waals surface area contributed by atoms with Gasteiger partial charge in [0.1, 0.15) is 24.8 Å². The number of halogens is 2. The van der Waals surface area contributed by atoms with Crippen molar-refractivity contribution in [3.63, 3.8) is 0 Å². The monoisotopic (exact) mass is 303 g/mol. The molecule has 0 spiro atoms. The second-order valence-electron chi connectivity index (χ2n) is 3.74. The van der Waals surface area contributed by atoms with Gasteiger partial charge in [-0.2, -0.15) is 0 Å². The molecule has 9 heteroatoms. The summed E-state index contributed by atoms with van der Waals surface area (Å²) >= 11 is 0. The van der Waals surface area contributed by atoms with E-state index in [9.17, 15) is 23.2 Å². The van der Waals surface area contributed by atoms with Crippen LogP contribution >= 0.6 is 0 Å². The predicted molar refractivity (Wildman–Crippen MR) is 64.8 cm³/mol. The first-order chi connectivity index (χ1) is 9.85. The van der Waals surface area contributed by atoms with Crippen LogP contribution in [0.1, 0.15) is 10.4 Å². The Labute approximate surface area is 117 Å². The van der Waals surface area contributed by atoms with Gasteiger partial charge in [-0.1, -0.05) is 0 Å². The zero-order valence-electron chi connectivity index (χ0n) is 10.8. The van der Waals surface area contributed by atoms with Crippen LogP contribution in [0.15, 0.2) is 12.1 Å². The molecule has 0 unspecified atom stereocenters. The van der Waals surface area contributed by atoms with Gasteiger partial charge in [0.05, 0.1) is 18.4 Å². The Hall–Kier alpha value is -2.55. The number of carboxylic acids is 1. The summed E-state index contributed by atoms with van der Waals surface area (Å²) in [5.41, 5.74) is -1.01. The smallest absolute Gasteiger partial charge is 0.340 e. The molecule has 1 aromatic carbocycles. The first-order valence-electron chi connectivity index (χ1n) is 5.52. The molecule has 0 aromatic heterocycles.